The minimum Gasteiger partial charge on any atom is -0.495 e. The van der Waals surface area contributed by atoms with Gasteiger partial charge in [0.05, 0.1) is 45.7 Å². The number of aromatic nitrogens is 2. The molecular weight excluding hydrogens is 622 g/mol. The average Bonchev–Trinajstić information content (AvgIpc) is 3.14. The van der Waals surface area contributed by atoms with Gasteiger partial charge in [-0.1, -0.05) is 72.8 Å². The normalized spacial score (nSPS) is 11.0. The first kappa shape index (κ1) is 31.8. The fourth-order valence-corrected chi connectivity index (χ4v) is 4.99. The van der Waals surface area contributed by atoms with E-state index in [9.17, 15) is 25.0 Å². The quantitative estimate of drug-likeness (QED) is 0.0416. The Balaban J connectivity index is 1.20. The summed E-state index contributed by atoms with van der Waals surface area (Å²) in [4.78, 5) is 46.4. The number of methoxy groups -OCH3 is 1. The molecule has 0 bridgehead atoms. The number of benzene rings is 5. The number of nitrogens with one attached hydrogen (secondary N) is 1. The summed E-state index contributed by atoms with van der Waals surface area (Å²) in [7, 11) is 1.35. The molecule has 238 valence electrons. The van der Waals surface area contributed by atoms with E-state index in [4.69, 9.17) is 19.4 Å². The van der Waals surface area contributed by atoms with Crippen LogP contribution in [0.15, 0.2) is 127 Å². The average molecular weight is 648 g/mol. The smallest absolute Gasteiger partial charge is 0.343 e. The summed E-state index contributed by atoms with van der Waals surface area (Å²) in [5.41, 5.74) is 4.63. The van der Waals surface area contributed by atoms with Crippen molar-refractivity contribution >= 4 is 40.4 Å². The van der Waals surface area contributed by atoms with E-state index in [1.54, 1.807) is 30.3 Å². The van der Waals surface area contributed by atoms with Gasteiger partial charge in [-0.25, -0.2) is 14.8 Å². The number of amides is 1. The lowest BCUT2D eigenvalue weighted by atomic mass is 10.0. The van der Waals surface area contributed by atoms with Crippen LogP contribution in [-0.4, -0.2) is 33.9 Å². The maximum atomic E-state index is 13.2. The first-order valence-corrected chi connectivity index (χ1v) is 14.8. The lowest BCUT2D eigenvalue weighted by Crippen LogP contribution is -2.14. The van der Waals surface area contributed by atoms with E-state index in [1.165, 1.54) is 37.5 Å². The maximum Gasteiger partial charge on any atom is 0.343 e. The van der Waals surface area contributed by atoms with E-state index in [1.807, 2.05) is 66.7 Å². The van der Waals surface area contributed by atoms with Gasteiger partial charge in [-0.2, -0.15) is 5.26 Å². The number of anilines is 1. The molecule has 49 heavy (non-hydrogen) atoms. The van der Waals surface area contributed by atoms with Gasteiger partial charge in [0.25, 0.3) is 11.6 Å². The van der Waals surface area contributed by atoms with Crippen molar-refractivity contribution in [3.05, 3.63) is 148 Å². The molecule has 0 aliphatic rings. The Morgan fingerprint density at radius 2 is 1.45 bits per heavy atom. The molecule has 0 aliphatic heterocycles. The van der Waals surface area contributed by atoms with Crippen molar-refractivity contribution in [2.24, 2.45) is 0 Å². The second-order valence-corrected chi connectivity index (χ2v) is 10.6. The summed E-state index contributed by atoms with van der Waals surface area (Å²) in [5.74, 6) is -0.970. The Kier molecular flexibility index (Phi) is 9.12. The third-order valence-corrected chi connectivity index (χ3v) is 7.40. The van der Waals surface area contributed by atoms with Gasteiger partial charge in [-0.3, -0.25) is 14.9 Å². The minimum absolute atomic E-state index is 0.0395. The molecule has 1 heterocycles. The summed E-state index contributed by atoms with van der Waals surface area (Å²) >= 11 is 0. The molecule has 0 saturated carbocycles. The summed E-state index contributed by atoms with van der Waals surface area (Å²) in [5, 5.41) is 23.3. The van der Waals surface area contributed by atoms with Crippen LogP contribution in [0.4, 0.5) is 11.4 Å². The standard InChI is InChI=1S/C38H25N5O6/c1-48-34-19-15-29(43(46)47)22-33(34)42-37(44)28(23-39)20-24-12-16-30(17-13-24)49-38(45)27-14-18-31-32(21-27)41-36(26-10-6-3-7-11-26)35(40-31)25-8-4-2-5-9-25/h2-22H,1H3,(H,42,44)/b28-20+. The number of nitro groups is 1. The molecule has 6 rings (SSSR count). The van der Waals surface area contributed by atoms with Gasteiger partial charge >= 0.3 is 5.97 Å². The van der Waals surface area contributed by atoms with Crippen molar-refractivity contribution in [3.63, 3.8) is 0 Å². The van der Waals surface area contributed by atoms with E-state index in [2.05, 4.69) is 5.32 Å². The van der Waals surface area contributed by atoms with E-state index in [0.717, 1.165) is 22.9 Å². The fraction of sp³-hybridized carbons (Fsp3) is 0.0263. The lowest BCUT2D eigenvalue weighted by Gasteiger charge is -2.11. The summed E-state index contributed by atoms with van der Waals surface area (Å²) in [6, 6.07) is 36.2. The number of nitro benzene ring substituents is 1. The van der Waals surface area contributed by atoms with Gasteiger partial charge in [0.1, 0.15) is 23.1 Å². The lowest BCUT2D eigenvalue weighted by molar-refractivity contribution is -0.384. The van der Waals surface area contributed by atoms with Crippen LogP contribution in [-0.2, 0) is 4.79 Å². The Morgan fingerprint density at radius 3 is 2.04 bits per heavy atom. The van der Waals surface area contributed by atoms with Gasteiger partial charge in [-0.05, 0) is 48.0 Å². The summed E-state index contributed by atoms with van der Waals surface area (Å²) in [6.07, 6.45) is 1.33. The SMILES string of the molecule is COc1ccc([N+](=O)[O-])cc1NC(=O)/C(C#N)=C/c1ccc(OC(=O)c2ccc3nc(-c4ccccc4)c(-c4ccccc4)nc3c2)cc1. The monoisotopic (exact) mass is 647 g/mol. The molecule has 0 saturated heterocycles. The number of fused-ring (bicyclic) bond motifs is 1. The zero-order valence-electron chi connectivity index (χ0n) is 25.9. The highest BCUT2D eigenvalue weighted by Gasteiger charge is 2.18. The molecule has 1 N–H and O–H groups in total. The topological polar surface area (TPSA) is 157 Å². The molecule has 5 aromatic carbocycles. The van der Waals surface area contributed by atoms with Crippen LogP contribution in [0.3, 0.4) is 0 Å². The molecule has 0 spiro atoms. The maximum absolute atomic E-state index is 13.2. The highest BCUT2D eigenvalue weighted by molar-refractivity contribution is 6.10. The second-order valence-electron chi connectivity index (χ2n) is 10.6. The van der Waals surface area contributed by atoms with Crippen LogP contribution in [0.5, 0.6) is 11.5 Å². The van der Waals surface area contributed by atoms with Gasteiger partial charge in [0.15, 0.2) is 0 Å². The summed E-state index contributed by atoms with van der Waals surface area (Å²) < 4.78 is 10.8. The van der Waals surface area contributed by atoms with Crippen LogP contribution in [0.25, 0.3) is 39.6 Å². The molecule has 11 heteroatoms. The highest BCUT2D eigenvalue weighted by Crippen LogP contribution is 2.32. The van der Waals surface area contributed by atoms with Gasteiger partial charge < -0.3 is 14.8 Å². The molecule has 0 aliphatic carbocycles. The number of carbonyl (C=O) groups excluding carboxylic acids is 2. The number of nitrogens with zero attached hydrogens (tertiary/aromatic N) is 4. The first-order chi connectivity index (χ1) is 23.8. The van der Waals surface area contributed by atoms with Crippen molar-refractivity contribution in [2.45, 2.75) is 0 Å². The first-order valence-electron chi connectivity index (χ1n) is 14.8. The predicted molar refractivity (Wildman–Crippen MR) is 184 cm³/mol. The number of nitriles is 1. The van der Waals surface area contributed by atoms with Gasteiger partial charge in [0, 0.05) is 23.3 Å². The van der Waals surface area contributed by atoms with Crippen molar-refractivity contribution in [2.75, 3.05) is 12.4 Å². The molecule has 11 nitrogen and oxygen atoms in total. The molecule has 0 unspecified atom stereocenters. The Bertz CT molecular complexity index is 2280. The molecule has 0 radical (unpaired) electrons. The zero-order chi connectivity index (χ0) is 34.3. The van der Waals surface area contributed by atoms with Crippen molar-refractivity contribution in [1.29, 1.82) is 5.26 Å². The number of rotatable bonds is 9. The predicted octanol–water partition coefficient (Wildman–Crippen LogP) is 7.65. The van der Waals surface area contributed by atoms with E-state index < -0.39 is 16.8 Å². The number of hydrogen-bond donors (Lipinski definition) is 1. The molecule has 0 atom stereocenters. The third-order valence-electron chi connectivity index (χ3n) is 7.40. The molecule has 0 fully saturated rings. The van der Waals surface area contributed by atoms with Crippen molar-refractivity contribution in [1.82, 2.24) is 9.97 Å². The Morgan fingerprint density at radius 1 is 0.816 bits per heavy atom. The molecule has 6 aromatic rings. The number of ether oxygens (including phenoxy) is 2. The van der Waals surface area contributed by atoms with Crippen LogP contribution in [0.1, 0.15) is 15.9 Å². The second kappa shape index (κ2) is 14.1. The van der Waals surface area contributed by atoms with Crippen LogP contribution in [0, 0.1) is 21.4 Å². The molecule has 1 aromatic heterocycles. The fourth-order valence-electron chi connectivity index (χ4n) is 4.99. The van der Waals surface area contributed by atoms with E-state index >= 15 is 0 Å². The van der Waals surface area contributed by atoms with Crippen molar-refractivity contribution in [3.8, 4) is 40.1 Å². The zero-order valence-corrected chi connectivity index (χ0v) is 25.9. The highest BCUT2D eigenvalue weighted by atomic mass is 16.6. The van der Waals surface area contributed by atoms with Crippen LogP contribution < -0.4 is 14.8 Å². The minimum atomic E-state index is -0.789. The number of esters is 1. The van der Waals surface area contributed by atoms with Gasteiger partial charge in [-0.15, -0.1) is 0 Å². The number of hydrogen-bond acceptors (Lipinski definition) is 9. The summed E-state index contributed by atoms with van der Waals surface area (Å²) in [6.45, 7) is 0. The Labute approximate surface area is 279 Å². The van der Waals surface area contributed by atoms with Crippen molar-refractivity contribution < 1.29 is 24.0 Å². The van der Waals surface area contributed by atoms with E-state index in [0.29, 0.717) is 22.3 Å². The third kappa shape index (κ3) is 7.14. The van der Waals surface area contributed by atoms with E-state index in [-0.39, 0.29) is 34.0 Å². The van der Waals surface area contributed by atoms with Crippen LogP contribution in [0.2, 0.25) is 0 Å². The Hall–Kier alpha value is -7.19. The molecular formula is C38H25N5O6. The van der Waals surface area contributed by atoms with Gasteiger partial charge in [0.2, 0.25) is 0 Å². The largest absolute Gasteiger partial charge is 0.495 e. The molecule has 1 amide bonds. The van der Waals surface area contributed by atoms with Crippen LogP contribution >= 0.6 is 0 Å². The number of carbonyl (C=O) groups is 2. The number of non-ortho nitro benzene ring substituents is 1.